The van der Waals surface area contributed by atoms with Gasteiger partial charge in [-0.15, -0.1) is 0 Å². The normalized spacial score (nSPS) is 20.1. The van der Waals surface area contributed by atoms with E-state index in [1.807, 2.05) is 30.5 Å². The van der Waals surface area contributed by atoms with E-state index in [1.54, 1.807) is 7.11 Å². The number of carbonyl (C=O) groups excluding carboxylic acids is 2. The van der Waals surface area contributed by atoms with Gasteiger partial charge in [0, 0.05) is 26.2 Å². The standard InChI is InChI=1S/C26H33N3O3/c1-19(30)27-17-20-8-13-23(28-18-20)24-7-6-16-29(24)25(31)26(14-4-3-5-15-26)21-9-11-22(32-2)12-10-21/h8-13,18,24H,3-7,14-17H2,1-2H3,(H,27,30). The molecule has 0 radical (unpaired) electrons. The summed E-state index contributed by atoms with van der Waals surface area (Å²) >= 11 is 0. The summed E-state index contributed by atoms with van der Waals surface area (Å²) < 4.78 is 5.34. The summed E-state index contributed by atoms with van der Waals surface area (Å²) in [7, 11) is 1.67. The molecule has 1 unspecified atom stereocenters. The van der Waals surface area contributed by atoms with Gasteiger partial charge in [0.2, 0.25) is 11.8 Å². The van der Waals surface area contributed by atoms with Gasteiger partial charge in [-0.05, 0) is 55.0 Å². The van der Waals surface area contributed by atoms with Gasteiger partial charge in [-0.1, -0.05) is 37.5 Å². The molecule has 1 saturated carbocycles. The van der Waals surface area contributed by atoms with Crippen LogP contribution in [0.15, 0.2) is 42.6 Å². The number of amides is 2. The maximum absolute atomic E-state index is 14.1. The number of ether oxygens (including phenoxy) is 1. The van der Waals surface area contributed by atoms with Crippen molar-refractivity contribution in [3.63, 3.8) is 0 Å². The van der Waals surface area contributed by atoms with Crippen LogP contribution in [0.3, 0.4) is 0 Å². The Balaban J connectivity index is 1.58. The topological polar surface area (TPSA) is 71.5 Å². The molecule has 2 aromatic rings. The smallest absolute Gasteiger partial charge is 0.233 e. The molecule has 2 amide bonds. The second kappa shape index (κ2) is 9.72. The average molecular weight is 436 g/mol. The zero-order valence-electron chi connectivity index (χ0n) is 19.1. The highest BCUT2D eigenvalue weighted by Crippen LogP contribution is 2.44. The molecule has 1 aromatic heterocycles. The third kappa shape index (κ3) is 4.50. The number of methoxy groups -OCH3 is 1. The van der Waals surface area contributed by atoms with E-state index in [0.29, 0.717) is 6.54 Å². The summed E-state index contributed by atoms with van der Waals surface area (Å²) in [6, 6.07) is 12.1. The molecule has 2 fully saturated rings. The van der Waals surface area contributed by atoms with E-state index in [0.717, 1.165) is 67.6 Å². The molecule has 1 N–H and O–H groups in total. The molecule has 1 aliphatic heterocycles. The fourth-order valence-electron chi connectivity index (χ4n) is 5.25. The summed E-state index contributed by atoms with van der Waals surface area (Å²) in [6.45, 7) is 2.75. The van der Waals surface area contributed by atoms with Gasteiger partial charge in [0.15, 0.2) is 0 Å². The summed E-state index contributed by atoms with van der Waals surface area (Å²) in [4.78, 5) is 32.0. The van der Waals surface area contributed by atoms with E-state index in [4.69, 9.17) is 4.74 Å². The predicted molar refractivity (Wildman–Crippen MR) is 123 cm³/mol. The van der Waals surface area contributed by atoms with Crippen molar-refractivity contribution in [1.82, 2.24) is 15.2 Å². The van der Waals surface area contributed by atoms with Crippen LogP contribution in [0.5, 0.6) is 5.75 Å². The van der Waals surface area contributed by atoms with Crippen LogP contribution in [-0.4, -0.2) is 35.4 Å². The second-order valence-corrected chi connectivity index (χ2v) is 9.03. The molecule has 1 aliphatic carbocycles. The molecule has 4 rings (SSSR count). The molecule has 2 aliphatic rings. The molecule has 6 heteroatoms. The molecule has 0 bridgehead atoms. The first-order valence-electron chi connectivity index (χ1n) is 11.7. The van der Waals surface area contributed by atoms with Gasteiger partial charge < -0.3 is 15.0 Å². The third-order valence-electron chi connectivity index (χ3n) is 7.00. The predicted octanol–water partition coefficient (Wildman–Crippen LogP) is 4.29. The molecule has 2 heterocycles. The van der Waals surface area contributed by atoms with Gasteiger partial charge in [-0.3, -0.25) is 14.6 Å². The molecular formula is C26H33N3O3. The molecule has 170 valence electrons. The van der Waals surface area contributed by atoms with Crippen molar-refractivity contribution >= 4 is 11.8 Å². The minimum atomic E-state index is -0.460. The van der Waals surface area contributed by atoms with Crippen molar-refractivity contribution < 1.29 is 14.3 Å². The van der Waals surface area contributed by atoms with E-state index >= 15 is 0 Å². The Morgan fingerprint density at radius 3 is 2.47 bits per heavy atom. The van der Waals surface area contributed by atoms with E-state index < -0.39 is 5.41 Å². The highest BCUT2D eigenvalue weighted by Gasteiger charge is 2.46. The Kier molecular flexibility index (Phi) is 6.77. The van der Waals surface area contributed by atoms with Crippen molar-refractivity contribution in [3.8, 4) is 5.75 Å². The fraction of sp³-hybridized carbons (Fsp3) is 0.500. The van der Waals surface area contributed by atoms with Gasteiger partial charge >= 0.3 is 0 Å². The van der Waals surface area contributed by atoms with E-state index in [2.05, 4.69) is 27.3 Å². The summed E-state index contributed by atoms with van der Waals surface area (Å²) in [6.07, 6.45) is 8.86. The molecule has 1 atom stereocenters. The number of rotatable bonds is 6. The van der Waals surface area contributed by atoms with Crippen LogP contribution >= 0.6 is 0 Å². The quantitative estimate of drug-likeness (QED) is 0.735. The maximum Gasteiger partial charge on any atom is 0.233 e. The highest BCUT2D eigenvalue weighted by molar-refractivity contribution is 5.89. The summed E-state index contributed by atoms with van der Waals surface area (Å²) in [5, 5.41) is 2.80. The number of benzene rings is 1. The van der Waals surface area contributed by atoms with E-state index in [-0.39, 0.29) is 17.9 Å². The van der Waals surface area contributed by atoms with Crippen LogP contribution in [0, 0.1) is 0 Å². The minimum absolute atomic E-state index is 0.00867. The van der Waals surface area contributed by atoms with Crippen LogP contribution < -0.4 is 10.1 Å². The third-order valence-corrected chi connectivity index (χ3v) is 7.00. The lowest BCUT2D eigenvalue weighted by molar-refractivity contribution is -0.140. The Bertz CT molecular complexity index is 934. The van der Waals surface area contributed by atoms with Gasteiger partial charge in [0.1, 0.15) is 5.75 Å². The molecule has 0 spiro atoms. The number of nitrogens with zero attached hydrogens (tertiary/aromatic N) is 2. The minimum Gasteiger partial charge on any atom is -0.497 e. The van der Waals surface area contributed by atoms with Gasteiger partial charge in [-0.25, -0.2) is 0 Å². The number of nitrogens with one attached hydrogen (secondary N) is 1. The van der Waals surface area contributed by atoms with Crippen LogP contribution in [0.4, 0.5) is 0 Å². The number of likely N-dealkylation sites (tertiary alicyclic amines) is 1. The zero-order valence-corrected chi connectivity index (χ0v) is 19.1. The second-order valence-electron chi connectivity index (χ2n) is 9.03. The summed E-state index contributed by atoms with van der Waals surface area (Å²) in [5.74, 6) is 1.00. The lowest BCUT2D eigenvalue weighted by atomic mass is 9.68. The first kappa shape index (κ1) is 22.3. The molecule has 6 nitrogen and oxygen atoms in total. The summed E-state index contributed by atoms with van der Waals surface area (Å²) in [5.41, 5.74) is 2.54. The van der Waals surface area contributed by atoms with Crippen molar-refractivity contribution in [2.24, 2.45) is 0 Å². The van der Waals surface area contributed by atoms with Gasteiger partial charge in [0.05, 0.1) is 24.3 Å². The molecule has 32 heavy (non-hydrogen) atoms. The Morgan fingerprint density at radius 1 is 1.09 bits per heavy atom. The monoisotopic (exact) mass is 435 g/mol. The van der Waals surface area contributed by atoms with Crippen LogP contribution in [0.2, 0.25) is 0 Å². The number of carbonyl (C=O) groups is 2. The Hall–Kier alpha value is -2.89. The number of aromatic nitrogens is 1. The lowest BCUT2D eigenvalue weighted by Crippen LogP contribution is -2.48. The maximum atomic E-state index is 14.1. The van der Waals surface area contributed by atoms with Gasteiger partial charge in [-0.2, -0.15) is 0 Å². The molecule has 1 aromatic carbocycles. The first-order valence-corrected chi connectivity index (χ1v) is 11.7. The molecule has 1 saturated heterocycles. The fourth-order valence-corrected chi connectivity index (χ4v) is 5.25. The van der Waals surface area contributed by atoms with Crippen LogP contribution in [-0.2, 0) is 21.5 Å². The average Bonchev–Trinajstić information content (AvgIpc) is 3.33. The number of pyridine rings is 1. The highest BCUT2D eigenvalue weighted by atomic mass is 16.5. The van der Waals surface area contributed by atoms with Crippen LogP contribution in [0.25, 0.3) is 0 Å². The van der Waals surface area contributed by atoms with Crippen molar-refractivity contribution in [3.05, 3.63) is 59.4 Å². The van der Waals surface area contributed by atoms with Crippen molar-refractivity contribution in [2.75, 3.05) is 13.7 Å². The van der Waals surface area contributed by atoms with E-state index in [1.165, 1.54) is 13.3 Å². The van der Waals surface area contributed by atoms with Crippen molar-refractivity contribution in [2.45, 2.75) is 69.9 Å². The number of hydrogen-bond acceptors (Lipinski definition) is 4. The van der Waals surface area contributed by atoms with Crippen molar-refractivity contribution in [1.29, 1.82) is 0 Å². The largest absolute Gasteiger partial charge is 0.497 e. The number of hydrogen-bond donors (Lipinski definition) is 1. The molecular weight excluding hydrogens is 402 g/mol. The Morgan fingerprint density at radius 2 is 1.84 bits per heavy atom. The zero-order chi connectivity index (χ0) is 22.6. The SMILES string of the molecule is COc1ccc(C2(C(=O)N3CCCC3c3ccc(CNC(C)=O)cn3)CCCCC2)cc1. The van der Waals surface area contributed by atoms with Crippen LogP contribution in [0.1, 0.15) is 74.7 Å². The van der Waals surface area contributed by atoms with E-state index in [9.17, 15) is 9.59 Å². The van der Waals surface area contributed by atoms with Gasteiger partial charge in [0.25, 0.3) is 0 Å². The Labute approximate surface area is 190 Å². The lowest BCUT2D eigenvalue weighted by Gasteiger charge is -2.41. The first-order chi connectivity index (χ1) is 15.5.